The smallest absolute Gasteiger partial charge is 0.254 e. The molecule has 22 heavy (non-hydrogen) atoms. The molecule has 0 saturated carbocycles. The number of methoxy groups -OCH3 is 1. The van der Waals surface area contributed by atoms with Crippen molar-refractivity contribution in [2.24, 2.45) is 0 Å². The molecule has 0 aliphatic carbocycles. The third kappa shape index (κ3) is 3.11. The summed E-state index contributed by atoms with van der Waals surface area (Å²) in [6, 6.07) is 3.33. The van der Waals surface area contributed by atoms with Gasteiger partial charge in [-0.05, 0) is 50.5 Å². The summed E-state index contributed by atoms with van der Waals surface area (Å²) in [5.74, 6) is 0.886. The highest BCUT2D eigenvalue weighted by atomic mass is 32.2. The summed E-state index contributed by atoms with van der Waals surface area (Å²) >= 11 is 0. The lowest BCUT2D eigenvalue weighted by Crippen LogP contribution is -2.41. The second-order valence-corrected chi connectivity index (χ2v) is 7.94. The molecule has 1 aromatic rings. The molecule has 122 valence electrons. The van der Waals surface area contributed by atoms with Gasteiger partial charge in [0.1, 0.15) is 5.75 Å². The van der Waals surface area contributed by atoms with Crippen molar-refractivity contribution in [1.82, 2.24) is 4.90 Å². The molecule has 0 aromatic heterocycles. The van der Waals surface area contributed by atoms with Gasteiger partial charge in [-0.3, -0.25) is 4.79 Å². The van der Waals surface area contributed by atoms with Gasteiger partial charge in [-0.1, -0.05) is 0 Å². The first-order valence-electron chi connectivity index (χ1n) is 7.46. The quantitative estimate of drug-likeness (QED) is 0.849. The molecule has 1 aliphatic heterocycles. The lowest BCUT2D eigenvalue weighted by atomic mass is 10.0. The number of ether oxygens (including phenoxy) is 1. The third-order valence-electron chi connectivity index (χ3n) is 4.44. The van der Waals surface area contributed by atoms with Gasteiger partial charge in [0.05, 0.1) is 18.6 Å². The monoisotopic (exact) mass is 325 g/mol. The van der Waals surface area contributed by atoms with Crippen LogP contribution in [-0.4, -0.2) is 50.4 Å². The highest BCUT2D eigenvalue weighted by molar-refractivity contribution is 7.91. The minimum atomic E-state index is -3.01. The fraction of sp³-hybridized carbons (Fsp3) is 0.562. The van der Waals surface area contributed by atoms with Crippen LogP contribution in [0.5, 0.6) is 5.75 Å². The number of amides is 1. The number of carbonyl (C=O) groups excluding carboxylic acids is 1. The summed E-state index contributed by atoms with van der Waals surface area (Å²) in [6.07, 6.45) is 0.524. The zero-order valence-electron chi connectivity index (χ0n) is 13.5. The molecule has 1 heterocycles. The maximum Gasteiger partial charge on any atom is 0.254 e. The van der Waals surface area contributed by atoms with Crippen LogP contribution in [0.1, 0.15) is 34.8 Å². The third-order valence-corrected chi connectivity index (χ3v) is 6.19. The average molecular weight is 325 g/mol. The number of carbonyl (C=O) groups is 1. The molecule has 6 heteroatoms. The van der Waals surface area contributed by atoms with Crippen LogP contribution in [0.3, 0.4) is 0 Å². The summed E-state index contributed by atoms with van der Waals surface area (Å²) in [5.41, 5.74) is 2.43. The van der Waals surface area contributed by atoms with Gasteiger partial charge in [0, 0.05) is 18.2 Å². The second-order valence-electron chi connectivity index (χ2n) is 5.71. The number of hydrogen-bond donors (Lipinski definition) is 0. The number of nitrogens with zero attached hydrogens (tertiary/aromatic N) is 1. The van der Waals surface area contributed by atoms with Crippen LogP contribution >= 0.6 is 0 Å². The van der Waals surface area contributed by atoms with E-state index >= 15 is 0 Å². The van der Waals surface area contributed by atoms with Crippen molar-refractivity contribution in [2.75, 3.05) is 25.2 Å². The van der Waals surface area contributed by atoms with Crippen LogP contribution < -0.4 is 4.74 Å². The zero-order valence-corrected chi connectivity index (χ0v) is 14.4. The van der Waals surface area contributed by atoms with E-state index in [1.165, 1.54) is 0 Å². The Balaban J connectivity index is 2.32. The molecule has 1 unspecified atom stereocenters. The van der Waals surface area contributed by atoms with Gasteiger partial charge in [0.25, 0.3) is 5.91 Å². The van der Waals surface area contributed by atoms with E-state index in [0.717, 1.165) is 16.9 Å². The van der Waals surface area contributed by atoms with Crippen LogP contribution in [-0.2, 0) is 9.84 Å². The molecule has 1 fully saturated rings. The lowest BCUT2D eigenvalue weighted by molar-refractivity contribution is 0.0707. The van der Waals surface area contributed by atoms with Crippen LogP contribution in [0.4, 0.5) is 0 Å². The van der Waals surface area contributed by atoms with Gasteiger partial charge in [0.2, 0.25) is 0 Å². The van der Waals surface area contributed by atoms with Gasteiger partial charge in [-0.2, -0.15) is 0 Å². The van der Waals surface area contributed by atoms with Crippen molar-refractivity contribution in [2.45, 2.75) is 33.2 Å². The minimum absolute atomic E-state index is 0.0702. The molecule has 2 rings (SSSR count). The Kier molecular flexibility index (Phi) is 4.80. The van der Waals surface area contributed by atoms with Crippen molar-refractivity contribution in [3.63, 3.8) is 0 Å². The van der Waals surface area contributed by atoms with E-state index in [2.05, 4.69) is 0 Å². The number of benzene rings is 1. The van der Waals surface area contributed by atoms with Crippen molar-refractivity contribution in [3.05, 3.63) is 28.8 Å². The molecule has 0 bridgehead atoms. The highest BCUT2D eigenvalue weighted by Gasteiger charge is 2.34. The molecule has 1 saturated heterocycles. The van der Waals surface area contributed by atoms with E-state index in [4.69, 9.17) is 4.74 Å². The largest absolute Gasteiger partial charge is 0.496 e. The molecule has 1 aliphatic rings. The van der Waals surface area contributed by atoms with Gasteiger partial charge in [-0.15, -0.1) is 0 Å². The van der Waals surface area contributed by atoms with Gasteiger partial charge >= 0.3 is 0 Å². The Bertz CT molecular complexity index is 682. The molecule has 0 spiro atoms. The molecule has 1 aromatic carbocycles. The maximum atomic E-state index is 12.8. The topological polar surface area (TPSA) is 63.7 Å². The fourth-order valence-corrected chi connectivity index (χ4v) is 4.72. The maximum absolute atomic E-state index is 12.8. The summed E-state index contributed by atoms with van der Waals surface area (Å²) in [6.45, 7) is 6.20. The predicted octanol–water partition coefficient (Wildman–Crippen LogP) is 1.96. The van der Waals surface area contributed by atoms with E-state index in [9.17, 15) is 13.2 Å². The Morgan fingerprint density at radius 3 is 2.50 bits per heavy atom. The molecule has 1 amide bonds. The predicted molar refractivity (Wildman–Crippen MR) is 86.2 cm³/mol. The van der Waals surface area contributed by atoms with Crippen LogP contribution in [0.15, 0.2) is 12.1 Å². The highest BCUT2D eigenvalue weighted by Crippen LogP contribution is 2.26. The van der Waals surface area contributed by atoms with E-state index < -0.39 is 9.84 Å². The van der Waals surface area contributed by atoms with Gasteiger partial charge < -0.3 is 9.64 Å². The van der Waals surface area contributed by atoms with Crippen LogP contribution in [0, 0.1) is 13.8 Å². The van der Waals surface area contributed by atoms with Gasteiger partial charge in [-0.25, -0.2) is 8.42 Å². The standard InChI is InChI=1S/C16H23NO4S/c1-5-17(13-8-9-22(19,20)10-13)16(18)14-6-7-15(21-4)12(3)11(14)2/h6-7,13H,5,8-10H2,1-4H3. The summed E-state index contributed by atoms with van der Waals surface area (Å²) < 4.78 is 28.6. The Morgan fingerprint density at radius 2 is 2.00 bits per heavy atom. The molecule has 0 radical (unpaired) electrons. The average Bonchev–Trinajstić information content (AvgIpc) is 2.82. The van der Waals surface area contributed by atoms with Crippen molar-refractivity contribution < 1.29 is 17.9 Å². The van der Waals surface area contributed by atoms with E-state index in [1.54, 1.807) is 24.1 Å². The molecule has 0 N–H and O–H groups in total. The van der Waals surface area contributed by atoms with Crippen molar-refractivity contribution in [1.29, 1.82) is 0 Å². The molecule has 5 nitrogen and oxygen atoms in total. The Labute approximate surface area is 132 Å². The summed E-state index contributed by atoms with van der Waals surface area (Å²) in [7, 11) is -1.41. The zero-order chi connectivity index (χ0) is 16.5. The second kappa shape index (κ2) is 6.28. The first-order valence-corrected chi connectivity index (χ1v) is 9.28. The van der Waals surface area contributed by atoms with E-state index in [0.29, 0.717) is 18.5 Å². The molecule has 1 atom stereocenters. The Hall–Kier alpha value is -1.56. The number of sulfone groups is 1. The normalized spacial score (nSPS) is 19.9. The molecular formula is C16H23NO4S. The SMILES string of the molecule is CCN(C(=O)c1ccc(OC)c(C)c1C)C1CCS(=O)(=O)C1. The lowest BCUT2D eigenvalue weighted by Gasteiger charge is -2.28. The Morgan fingerprint density at radius 1 is 1.32 bits per heavy atom. The van der Waals surface area contributed by atoms with Gasteiger partial charge in [0.15, 0.2) is 9.84 Å². The number of rotatable bonds is 4. The van der Waals surface area contributed by atoms with E-state index in [1.807, 2.05) is 20.8 Å². The van der Waals surface area contributed by atoms with Crippen LogP contribution in [0.2, 0.25) is 0 Å². The number of hydrogen-bond acceptors (Lipinski definition) is 4. The van der Waals surface area contributed by atoms with Crippen molar-refractivity contribution in [3.8, 4) is 5.75 Å². The first kappa shape index (κ1) is 16.8. The molecular weight excluding hydrogens is 302 g/mol. The fourth-order valence-electron chi connectivity index (χ4n) is 2.99. The van der Waals surface area contributed by atoms with Crippen LogP contribution in [0.25, 0.3) is 0 Å². The van der Waals surface area contributed by atoms with Crippen molar-refractivity contribution >= 4 is 15.7 Å². The minimum Gasteiger partial charge on any atom is -0.496 e. The van der Waals surface area contributed by atoms with E-state index in [-0.39, 0.29) is 23.5 Å². The summed E-state index contributed by atoms with van der Waals surface area (Å²) in [4.78, 5) is 14.5. The summed E-state index contributed by atoms with van der Waals surface area (Å²) in [5, 5.41) is 0. The first-order chi connectivity index (χ1) is 10.3.